The van der Waals surface area contributed by atoms with Crippen molar-refractivity contribution in [3.8, 4) is 22.3 Å². The van der Waals surface area contributed by atoms with Gasteiger partial charge in [0.25, 0.3) is 0 Å². The highest BCUT2D eigenvalue weighted by Gasteiger charge is 2.18. The van der Waals surface area contributed by atoms with Crippen LogP contribution in [0.4, 0.5) is 34.1 Å². The minimum absolute atomic E-state index is 0.670. The fourth-order valence-electron chi connectivity index (χ4n) is 9.51. The quantitative estimate of drug-likeness (QED) is 0.0964. The third kappa shape index (κ3) is 11.0. The van der Waals surface area contributed by atoms with Crippen LogP contribution in [0, 0.1) is 27.7 Å². The summed E-state index contributed by atoms with van der Waals surface area (Å²) in [5.74, 6) is 1.96. The van der Waals surface area contributed by atoms with Gasteiger partial charge in [0.2, 0.25) is 0 Å². The average molecular weight is 917 g/mol. The Hall–Kier alpha value is -7.82. The van der Waals surface area contributed by atoms with E-state index in [1.165, 1.54) is 44.5 Å². The molecular formula is C66H64N2O2. The predicted octanol–water partition coefficient (Wildman–Crippen LogP) is 18.5. The van der Waals surface area contributed by atoms with Gasteiger partial charge in [-0.2, -0.15) is 0 Å². The zero-order chi connectivity index (χ0) is 48.4. The maximum absolute atomic E-state index is 5.90. The summed E-state index contributed by atoms with van der Waals surface area (Å²) in [5, 5.41) is 0. The molecular weight excluding hydrogens is 853 g/mol. The summed E-state index contributed by atoms with van der Waals surface area (Å²) in [4.78, 5) is 4.72. The van der Waals surface area contributed by atoms with E-state index in [0.29, 0.717) is 13.2 Å². The van der Waals surface area contributed by atoms with Gasteiger partial charge in [0.1, 0.15) is 11.5 Å². The molecule has 0 bridgehead atoms. The number of hydrogen-bond acceptors (Lipinski definition) is 4. The highest BCUT2D eigenvalue weighted by molar-refractivity contribution is 5.83. The van der Waals surface area contributed by atoms with Crippen LogP contribution in [-0.4, -0.2) is 13.2 Å². The lowest BCUT2D eigenvalue weighted by molar-refractivity contribution is 0.236. The molecule has 0 saturated carbocycles. The van der Waals surface area contributed by atoms with Crippen molar-refractivity contribution in [2.24, 2.45) is 0 Å². The molecule has 4 heteroatoms. The van der Waals surface area contributed by atoms with Crippen molar-refractivity contribution in [1.29, 1.82) is 0 Å². The Balaban J connectivity index is 0.929. The molecule has 7 aromatic rings. The third-order valence-electron chi connectivity index (χ3n) is 13.1. The second-order valence-corrected chi connectivity index (χ2v) is 18.2. The van der Waals surface area contributed by atoms with Gasteiger partial charge in [0, 0.05) is 45.3 Å². The van der Waals surface area contributed by atoms with Crippen LogP contribution in [0.25, 0.3) is 34.4 Å². The second-order valence-electron chi connectivity index (χ2n) is 18.2. The lowest BCUT2D eigenvalue weighted by Gasteiger charge is -2.27. The third-order valence-corrected chi connectivity index (χ3v) is 13.1. The van der Waals surface area contributed by atoms with Crippen molar-refractivity contribution < 1.29 is 9.47 Å². The Morgan fingerprint density at radius 2 is 0.686 bits per heavy atom. The summed E-state index contributed by atoms with van der Waals surface area (Å²) in [6, 6.07) is 57.9. The van der Waals surface area contributed by atoms with E-state index in [1.807, 2.05) is 13.8 Å². The van der Waals surface area contributed by atoms with Gasteiger partial charge in [-0.05, 0) is 185 Å². The first-order chi connectivity index (χ1) is 34.2. The molecule has 4 nitrogen and oxygen atoms in total. The number of benzene rings is 7. The van der Waals surface area contributed by atoms with Gasteiger partial charge in [-0.15, -0.1) is 0 Å². The number of anilines is 6. The number of rotatable bonds is 16. The van der Waals surface area contributed by atoms with E-state index >= 15 is 0 Å². The summed E-state index contributed by atoms with van der Waals surface area (Å²) in [6.07, 6.45) is 21.8. The predicted molar refractivity (Wildman–Crippen MR) is 298 cm³/mol. The first kappa shape index (κ1) is 47.3. The Morgan fingerprint density at radius 1 is 0.371 bits per heavy atom. The first-order valence-electron chi connectivity index (χ1n) is 24.9. The van der Waals surface area contributed by atoms with Gasteiger partial charge in [0.15, 0.2) is 0 Å². The second kappa shape index (κ2) is 22.1. The lowest BCUT2D eigenvalue weighted by Crippen LogP contribution is -2.11. The zero-order valence-electron chi connectivity index (χ0n) is 41.6. The van der Waals surface area contributed by atoms with Crippen molar-refractivity contribution >= 4 is 46.3 Å². The standard InChI is InChI=1S/C66H64N2O2/c1-7-69-65-15-11-9-13-57(65)25-19-51-21-35-59(36-22-51)67(63-43-17-47(3)45-49(63)5)61-39-31-55(32-40-61)53-27-29-54(30-28-53)56-33-41-62(42-34-56)68(64-44-18-48(4)46-50(64)6)60-37-23-52(24-38-60)20-26-58-14-10-12-16-66(58)70-8-2/h13-46H,7-12H2,1-6H3/b25-19+,26-20+. The van der Waals surface area contributed by atoms with Crippen molar-refractivity contribution in [1.82, 2.24) is 0 Å². The van der Waals surface area contributed by atoms with Crippen molar-refractivity contribution in [2.45, 2.75) is 67.2 Å². The topological polar surface area (TPSA) is 24.9 Å². The molecule has 70 heavy (non-hydrogen) atoms. The molecule has 0 atom stereocenters. The van der Waals surface area contributed by atoms with Gasteiger partial charge in [-0.1, -0.05) is 145 Å². The number of ether oxygens (including phenoxy) is 2. The van der Waals surface area contributed by atoms with Crippen LogP contribution in [-0.2, 0) is 9.47 Å². The van der Waals surface area contributed by atoms with Crippen LogP contribution in [0.2, 0.25) is 0 Å². The smallest absolute Gasteiger partial charge is 0.122 e. The zero-order valence-corrected chi connectivity index (χ0v) is 41.6. The Kier molecular flexibility index (Phi) is 14.9. The maximum atomic E-state index is 5.90. The van der Waals surface area contributed by atoms with E-state index in [-0.39, 0.29) is 0 Å². The Morgan fingerprint density at radius 3 is 1.01 bits per heavy atom. The van der Waals surface area contributed by atoms with E-state index in [0.717, 1.165) is 93.6 Å². The largest absolute Gasteiger partial charge is 0.494 e. The average Bonchev–Trinajstić information content (AvgIpc) is 3.38. The van der Waals surface area contributed by atoms with Gasteiger partial charge in [-0.3, -0.25) is 0 Å². The van der Waals surface area contributed by atoms with Crippen LogP contribution in [0.3, 0.4) is 0 Å². The minimum Gasteiger partial charge on any atom is -0.494 e. The molecule has 0 unspecified atom stereocenters. The van der Waals surface area contributed by atoms with Gasteiger partial charge in [-0.25, -0.2) is 0 Å². The fourth-order valence-corrected chi connectivity index (χ4v) is 9.51. The van der Waals surface area contributed by atoms with Crippen LogP contribution in [0.5, 0.6) is 0 Å². The molecule has 0 amide bonds. The lowest BCUT2D eigenvalue weighted by atomic mass is 9.99. The molecule has 2 aliphatic carbocycles. The summed E-state index contributed by atoms with van der Waals surface area (Å²) < 4.78 is 11.8. The van der Waals surface area contributed by atoms with Crippen molar-refractivity contribution in [2.75, 3.05) is 23.0 Å². The van der Waals surface area contributed by atoms with Gasteiger partial charge < -0.3 is 19.3 Å². The molecule has 0 aliphatic heterocycles. The number of allylic oxidation sites excluding steroid dienone is 6. The molecule has 0 saturated heterocycles. The van der Waals surface area contributed by atoms with Crippen LogP contribution in [0.15, 0.2) is 217 Å². The molecule has 0 N–H and O–H groups in total. The molecule has 0 spiro atoms. The molecule has 2 aliphatic rings. The SMILES string of the molecule is CCOC1=CCCC=C1/C=C/c1ccc(N(c2ccc(-c3ccc(-c4ccc(N(c5ccc(/C=C/C6=CCCC=C6OCC)cc5)c5ccc(C)cc5C)cc4)cc3)cc2)c2ccc(C)cc2C)cc1. The number of nitrogens with zero attached hydrogens (tertiary/aromatic N) is 2. The molecule has 350 valence electrons. The van der Waals surface area contributed by atoms with E-state index in [1.54, 1.807) is 0 Å². The monoisotopic (exact) mass is 916 g/mol. The minimum atomic E-state index is 0.670. The first-order valence-corrected chi connectivity index (χ1v) is 24.9. The summed E-state index contributed by atoms with van der Waals surface area (Å²) in [6.45, 7) is 14.1. The van der Waals surface area contributed by atoms with Gasteiger partial charge in [0.05, 0.1) is 13.2 Å². The molecule has 0 heterocycles. The highest BCUT2D eigenvalue weighted by atomic mass is 16.5. The highest BCUT2D eigenvalue weighted by Crippen LogP contribution is 2.40. The molecule has 9 rings (SSSR count). The van der Waals surface area contributed by atoms with Gasteiger partial charge >= 0.3 is 0 Å². The number of aryl methyl sites for hydroxylation is 4. The van der Waals surface area contributed by atoms with E-state index < -0.39 is 0 Å². The number of hydrogen-bond donors (Lipinski definition) is 0. The van der Waals surface area contributed by atoms with E-state index in [4.69, 9.17) is 9.47 Å². The van der Waals surface area contributed by atoms with Crippen molar-refractivity contribution in [3.05, 3.63) is 250 Å². The van der Waals surface area contributed by atoms with E-state index in [2.05, 4.69) is 244 Å². The van der Waals surface area contributed by atoms with Crippen molar-refractivity contribution in [3.63, 3.8) is 0 Å². The van der Waals surface area contributed by atoms with Crippen LogP contribution in [0.1, 0.15) is 72.9 Å². The fraction of sp³-hybridized carbons (Fsp3) is 0.182. The van der Waals surface area contributed by atoms with E-state index in [9.17, 15) is 0 Å². The molecule has 0 fully saturated rings. The summed E-state index contributed by atoms with van der Waals surface area (Å²) in [7, 11) is 0. The normalized spacial score (nSPS) is 13.7. The Labute approximate surface area is 416 Å². The molecule has 0 radical (unpaired) electrons. The Bertz CT molecular complexity index is 2900. The maximum Gasteiger partial charge on any atom is 0.122 e. The molecule has 7 aromatic carbocycles. The summed E-state index contributed by atoms with van der Waals surface area (Å²) >= 11 is 0. The van der Waals surface area contributed by atoms with Crippen LogP contribution >= 0.6 is 0 Å². The molecule has 0 aromatic heterocycles. The van der Waals surface area contributed by atoms with Crippen LogP contribution < -0.4 is 9.80 Å². The summed E-state index contributed by atoms with van der Waals surface area (Å²) in [5.41, 5.74) is 21.0.